The van der Waals surface area contributed by atoms with Gasteiger partial charge in [-0.2, -0.15) is 0 Å². The number of nitro benzene ring substituents is 1. The average molecular weight is 423 g/mol. The van der Waals surface area contributed by atoms with Crippen molar-refractivity contribution in [3.8, 4) is 5.69 Å². The third kappa shape index (κ3) is 3.67. The van der Waals surface area contributed by atoms with E-state index in [-0.39, 0.29) is 16.3 Å². The molecule has 0 fully saturated rings. The first-order chi connectivity index (χ1) is 12.0. The van der Waals surface area contributed by atoms with Gasteiger partial charge < -0.3 is 5.32 Å². The summed E-state index contributed by atoms with van der Waals surface area (Å²) in [5.41, 5.74) is 0.890. The van der Waals surface area contributed by atoms with Gasteiger partial charge in [-0.1, -0.05) is 33.6 Å². The summed E-state index contributed by atoms with van der Waals surface area (Å²) in [5, 5.41) is 20.9. The van der Waals surface area contributed by atoms with Crippen molar-refractivity contribution < 1.29 is 9.72 Å². The van der Waals surface area contributed by atoms with E-state index in [1.807, 2.05) is 6.07 Å². The maximum Gasteiger partial charge on any atom is 0.289 e. The molecule has 3 rings (SSSR count). The molecule has 2 aromatic carbocycles. The third-order valence-corrected chi connectivity index (χ3v) is 4.14. The van der Waals surface area contributed by atoms with Crippen LogP contribution in [0.3, 0.4) is 0 Å². The Balaban J connectivity index is 1.91. The van der Waals surface area contributed by atoms with Gasteiger partial charge in [0.25, 0.3) is 11.6 Å². The van der Waals surface area contributed by atoms with Crippen LogP contribution in [0.2, 0.25) is 5.02 Å². The molecule has 0 saturated carbocycles. The highest BCUT2D eigenvalue weighted by atomic mass is 79.9. The van der Waals surface area contributed by atoms with Crippen molar-refractivity contribution in [2.45, 2.75) is 0 Å². The fourth-order valence-corrected chi connectivity index (χ4v) is 2.86. The Morgan fingerprint density at radius 3 is 2.64 bits per heavy atom. The van der Waals surface area contributed by atoms with Crippen molar-refractivity contribution in [1.29, 1.82) is 0 Å². The first kappa shape index (κ1) is 17.1. The molecule has 25 heavy (non-hydrogen) atoms. The predicted molar refractivity (Wildman–Crippen MR) is 95.1 cm³/mol. The van der Waals surface area contributed by atoms with Crippen LogP contribution in [-0.4, -0.2) is 25.6 Å². The molecule has 0 radical (unpaired) electrons. The van der Waals surface area contributed by atoms with Crippen molar-refractivity contribution >= 4 is 44.8 Å². The van der Waals surface area contributed by atoms with Gasteiger partial charge in [0.05, 0.1) is 16.2 Å². The van der Waals surface area contributed by atoms with Gasteiger partial charge in [-0.05, 0) is 24.3 Å². The van der Waals surface area contributed by atoms with E-state index in [9.17, 15) is 14.9 Å². The predicted octanol–water partition coefficient (Wildman–Crippen LogP) is 3.84. The Morgan fingerprint density at radius 2 is 1.96 bits per heavy atom. The van der Waals surface area contributed by atoms with E-state index in [2.05, 4.69) is 31.4 Å². The molecule has 126 valence electrons. The van der Waals surface area contributed by atoms with Gasteiger partial charge in [-0.25, -0.2) is 0 Å². The Bertz CT molecular complexity index is 962. The van der Waals surface area contributed by atoms with Crippen LogP contribution < -0.4 is 5.32 Å². The van der Waals surface area contributed by atoms with Crippen LogP contribution in [0.4, 0.5) is 11.4 Å². The molecule has 0 spiro atoms. The molecule has 0 atom stereocenters. The zero-order valence-electron chi connectivity index (χ0n) is 12.4. The van der Waals surface area contributed by atoms with E-state index in [0.29, 0.717) is 10.2 Å². The fourth-order valence-electron chi connectivity index (χ4n) is 2.15. The summed E-state index contributed by atoms with van der Waals surface area (Å²) in [7, 11) is 0. The first-order valence-corrected chi connectivity index (χ1v) is 8.02. The number of nitrogens with one attached hydrogen (secondary N) is 1. The molecule has 0 aliphatic heterocycles. The van der Waals surface area contributed by atoms with Crippen molar-refractivity contribution in [3.63, 3.8) is 0 Å². The molecule has 3 aromatic rings. The number of hydrogen-bond acceptors (Lipinski definition) is 5. The number of rotatable bonds is 4. The summed E-state index contributed by atoms with van der Waals surface area (Å²) in [5.74, 6) is -0.560. The number of halogens is 2. The standard InChI is InChI=1S/C15H9BrClN5O3/c16-9-4-12(14(17)13(5-9)22(24)25)15(23)20-10-2-1-3-11(6-10)21-7-18-19-8-21/h1-8H,(H,20,23). The Labute approximate surface area is 154 Å². The van der Waals surface area contributed by atoms with E-state index < -0.39 is 10.8 Å². The van der Waals surface area contributed by atoms with Gasteiger partial charge in [-0.15, -0.1) is 10.2 Å². The zero-order chi connectivity index (χ0) is 18.0. The molecule has 10 heteroatoms. The topological polar surface area (TPSA) is 103 Å². The number of amides is 1. The number of carbonyl (C=O) groups is 1. The molecule has 0 aliphatic rings. The minimum Gasteiger partial charge on any atom is -0.322 e. The maximum absolute atomic E-state index is 12.5. The molecule has 1 N–H and O–H groups in total. The van der Waals surface area contributed by atoms with Crippen molar-refractivity contribution in [2.24, 2.45) is 0 Å². The highest BCUT2D eigenvalue weighted by molar-refractivity contribution is 9.10. The third-order valence-electron chi connectivity index (χ3n) is 3.28. The van der Waals surface area contributed by atoms with Crippen LogP contribution in [0.1, 0.15) is 10.4 Å². The van der Waals surface area contributed by atoms with E-state index in [1.165, 1.54) is 24.8 Å². The van der Waals surface area contributed by atoms with Crippen LogP contribution in [0.15, 0.2) is 53.5 Å². The number of benzene rings is 2. The first-order valence-electron chi connectivity index (χ1n) is 6.85. The highest BCUT2D eigenvalue weighted by Gasteiger charge is 2.22. The Kier molecular flexibility index (Phi) is 4.77. The lowest BCUT2D eigenvalue weighted by atomic mass is 10.1. The quantitative estimate of drug-likeness (QED) is 0.508. The fraction of sp³-hybridized carbons (Fsp3) is 0. The van der Waals surface area contributed by atoms with Crippen molar-refractivity contribution in [1.82, 2.24) is 14.8 Å². The number of carbonyl (C=O) groups excluding carboxylic acids is 1. The van der Waals surface area contributed by atoms with Gasteiger partial charge in [0.1, 0.15) is 17.7 Å². The number of aromatic nitrogens is 3. The molecular formula is C15H9BrClN5O3. The molecule has 8 nitrogen and oxygen atoms in total. The van der Waals surface area contributed by atoms with Crippen molar-refractivity contribution in [3.05, 3.63) is 74.2 Å². The Hall–Kier alpha value is -2.78. The zero-order valence-corrected chi connectivity index (χ0v) is 14.7. The highest BCUT2D eigenvalue weighted by Crippen LogP contribution is 2.32. The molecule has 1 aromatic heterocycles. The van der Waals surface area contributed by atoms with Crippen LogP contribution in [0.5, 0.6) is 0 Å². The summed E-state index contributed by atoms with van der Waals surface area (Å²) in [4.78, 5) is 22.9. The lowest BCUT2D eigenvalue weighted by Crippen LogP contribution is -2.13. The minimum atomic E-state index is -0.642. The van der Waals surface area contributed by atoms with E-state index in [0.717, 1.165) is 5.69 Å². The summed E-state index contributed by atoms with van der Waals surface area (Å²) >= 11 is 9.15. The van der Waals surface area contributed by atoms with E-state index in [4.69, 9.17) is 11.6 Å². The lowest BCUT2D eigenvalue weighted by Gasteiger charge is -2.09. The molecule has 1 amide bonds. The number of nitro groups is 1. The van der Waals surface area contributed by atoms with Crippen LogP contribution in [0.25, 0.3) is 5.69 Å². The van der Waals surface area contributed by atoms with Gasteiger partial charge in [-0.3, -0.25) is 19.5 Å². The minimum absolute atomic E-state index is 0.00237. The SMILES string of the molecule is O=C(Nc1cccc(-n2cnnc2)c1)c1cc(Br)cc([N+](=O)[O-])c1Cl. The normalized spacial score (nSPS) is 10.5. The summed E-state index contributed by atoms with van der Waals surface area (Å²) in [6.45, 7) is 0. The van der Waals surface area contributed by atoms with Crippen molar-refractivity contribution in [2.75, 3.05) is 5.32 Å². The molecule has 0 unspecified atom stereocenters. The second kappa shape index (κ2) is 6.99. The van der Waals surface area contributed by atoms with Crippen LogP contribution >= 0.6 is 27.5 Å². The molecule has 0 aliphatic carbocycles. The van der Waals surface area contributed by atoms with Gasteiger partial charge in [0.2, 0.25) is 0 Å². The lowest BCUT2D eigenvalue weighted by molar-refractivity contribution is -0.384. The molecular weight excluding hydrogens is 414 g/mol. The van der Waals surface area contributed by atoms with E-state index >= 15 is 0 Å². The number of anilines is 1. The molecule has 1 heterocycles. The monoisotopic (exact) mass is 421 g/mol. The number of nitrogens with zero attached hydrogens (tertiary/aromatic N) is 4. The van der Waals surface area contributed by atoms with E-state index in [1.54, 1.807) is 22.8 Å². The van der Waals surface area contributed by atoms with Crippen LogP contribution in [0, 0.1) is 10.1 Å². The Morgan fingerprint density at radius 1 is 1.24 bits per heavy atom. The van der Waals surface area contributed by atoms with Gasteiger partial charge in [0, 0.05) is 16.2 Å². The summed E-state index contributed by atoms with van der Waals surface area (Å²) in [6.07, 6.45) is 3.05. The molecule has 0 saturated heterocycles. The second-order valence-corrected chi connectivity index (χ2v) is 6.21. The number of hydrogen-bond donors (Lipinski definition) is 1. The van der Waals surface area contributed by atoms with Crippen LogP contribution in [-0.2, 0) is 0 Å². The summed E-state index contributed by atoms with van der Waals surface area (Å²) < 4.78 is 2.05. The summed E-state index contributed by atoms with van der Waals surface area (Å²) in [6, 6.07) is 9.62. The maximum atomic E-state index is 12.5. The van der Waals surface area contributed by atoms with Gasteiger partial charge >= 0.3 is 0 Å². The molecule has 0 bridgehead atoms. The van der Waals surface area contributed by atoms with Gasteiger partial charge in [0.15, 0.2) is 0 Å². The average Bonchev–Trinajstić information content (AvgIpc) is 3.11. The largest absolute Gasteiger partial charge is 0.322 e. The second-order valence-electron chi connectivity index (χ2n) is 4.92. The smallest absolute Gasteiger partial charge is 0.289 e.